The van der Waals surface area contributed by atoms with Crippen molar-refractivity contribution >= 4 is 13.8 Å². The fourth-order valence-corrected chi connectivity index (χ4v) is 2.49. The van der Waals surface area contributed by atoms with Gasteiger partial charge in [0.2, 0.25) is 0 Å². The summed E-state index contributed by atoms with van der Waals surface area (Å²) in [5, 5.41) is 13.1. The van der Waals surface area contributed by atoms with Gasteiger partial charge in [0.1, 0.15) is 14.3 Å². The van der Waals surface area contributed by atoms with Crippen LogP contribution in [0.25, 0.3) is 0 Å². The quantitative estimate of drug-likeness (QED) is 0.469. The minimum absolute atomic E-state index is 0.397. The van der Waals surface area contributed by atoms with Crippen LogP contribution in [0, 0.1) is 17.4 Å². The number of benzene rings is 1. The molecule has 2 unspecified atom stereocenters. The van der Waals surface area contributed by atoms with Crippen LogP contribution in [0.2, 0.25) is 19.6 Å². The lowest BCUT2D eigenvalue weighted by atomic mass is 10.0. The molecule has 0 saturated heterocycles. The molecule has 2 N–H and O–H groups in total. The molecule has 2 nitrogen and oxygen atoms in total. The standard InChI is InChI=1S/C17H27NOSi/c1-5-15(13-14-20(2,3)4)11-12-17(19)18-16-9-7-6-8-10-16/h6-10,15,17-19H,5,11-12H2,1-4H3. The van der Waals surface area contributed by atoms with Crippen molar-refractivity contribution in [3.8, 4) is 11.5 Å². The molecule has 0 spiro atoms. The average molecular weight is 289 g/mol. The zero-order valence-corrected chi connectivity index (χ0v) is 14.1. The molecule has 0 aliphatic carbocycles. The minimum Gasteiger partial charge on any atom is -0.374 e. The van der Waals surface area contributed by atoms with Crippen LogP contribution in [0.1, 0.15) is 26.2 Å². The first-order valence-electron chi connectivity index (χ1n) is 7.43. The Bertz CT molecular complexity index is 442. The van der Waals surface area contributed by atoms with E-state index < -0.39 is 14.3 Å². The van der Waals surface area contributed by atoms with Gasteiger partial charge in [0.25, 0.3) is 0 Å². The second-order valence-corrected chi connectivity index (χ2v) is 11.0. The van der Waals surface area contributed by atoms with Crippen molar-refractivity contribution in [1.29, 1.82) is 0 Å². The van der Waals surface area contributed by atoms with Crippen LogP contribution < -0.4 is 5.32 Å². The smallest absolute Gasteiger partial charge is 0.129 e. The number of para-hydroxylation sites is 1. The fourth-order valence-electron chi connectivity index (χ4n) is 1.85. The van der Waals surface area contributed by atoms with Gasteiger partial charge in [0.05, 0.1) is 0 Å². The molecule has 0 aromatic heterocycles. The highest BCUT2D eigenvalue weighted by Crippen LogP contribution is 2.14. The van der Waals surface area contributed by atoms with Crippen molar-refractivity contribution in [1.82, 2.24) is 0 Å². The lowest BCUT2D eigenvalue weighted by Gasteiger charge is -2.16. The van der Waals surface area contributed by atoms with E-state index in [2.05, 4.69) is 43.3 Å². The van der Waals surface area contributed by atoms with Crippen molar-refractivity contribution < 1.29 is 5.11 Å². The monoisotopic (exact) mass is 289 g/mol. The zero-order valence-electron chi connectivity index (χ0n) is 13.1. The van der Waals surface area contributed by atoms with E-state index in [9.17, 15) is 5.11 Å². The lowest BCUT2D eigenvalue weighted by Crippen LogP contribution is -2.20. The van der Waals surface area contributed by atoms with Gasteiger partial charge in [-0.15, -0.1) is 11.5 Å². The van der Waals surface area contributed by atoms with Crippen molar-refractivity contribution in [3.05, 3.63) is 30.3 Å². The van der Waals surface area contributed by atoms with Gasteiger partial charge >= 0.3 is 0 Å². The first-order valence-corrected chi connectivity index (χ1v) is 10.9. The molecule has 0 aliphatic heterocycles. The Morgan fingerprint density at radius 1 is 1.15 bits per heavy atom. The fraction of sp³-hybridized carbons (Fsp3) is 0.529. The van der Waals surface area contributed by atoms with E-state index in [1.54, 1.807) is 0 Å². The maximum absolute atomic E-state index is 10.0. The van der Waals surface area contributed by atoms with E-state index in [1.807, 2.05) is 30.3 Å². The van der Waals surface area contributed by atoms with Crippen LogP contribution in [0.4, 0.5) is 5.69 Å². The highest BCUT2D eigenvalue weighted by Gasteiger charge is 2.11. The van der Waals surface area contributed by atoms with E-state index in [0.29, 0.717) is 5.92 Å². The highest BCUT2D eigenvalue weighted by atomic mass is 28.3. The predicted octanol–water partition coefficient (Wildman–Crippen LogP) is 4.10. The van der Waals surface area contributed by atoms with E-state index in [0.717, 1.165) is 24.9 Å². The topological polar surface area (TPSA) is 32.3 Å². The molecule has 1 aromatic rings. The summed E-state index contributed by atoms with van der Waals surface area (Å²) < 4.78 is 0. The van der Waals surface area contributed by atoms with Crippen LogP contribution in [-0.2, 0) is 0 Å². The maximum atomic E-state index is 10.0. The summed E-state index contributed by atoms with van der Waals surface area (Å²) in [7, 11) is -1.29. The van der Waals surface area contributed by atoms with Gasteiger partial charge in [-0.1, -0.05) is 44.8 Å². The van der Waals surface area contributed by atoms with Gasteiger partial charge in [-0.2, -0.15) is 0 Å². The molecule has 0 amide bonds. The van der Waals surface area contributed by atoms with Crippen molar-refractivity contribution in [2.45, 2.75) is 52.1 Å². The Morgan fingerprint density at radius 2 is 1.80 bits per heavy atom. The number of hydrogen-bond acceptors (Lipinski definition) is 2. The van der Waals surface area contributed by atoms with E-state index in [1.165, 1.54) is 0 Å². The van der Waals surface area contributed by atoms with E-state index in [-0.39, 0.29) is 0 Å². The summed E-state index contributed by atoms with van der Waals surface area (Å²) in [6.45, 7) is 8.95. The molecule has 20 heavy (non-hydrogen) atoms. The third kappa shape index (κ3) is 7.37. The summed E-state index contributed by atoms with van der Waals surface area (Å²) in [5.74, 6) is 3.80. The summed E-state index contributed by atoms with van der Waals surface area (Å²) in [4.78, 5) is 0. The van der Waals surface area contributed by atoms with Crippen LogP contribution in [0.5, 0.6) is 0 Å². The number of nitrogens with one attached hydrogen (secondary N) is 1. The number of aliphatic hydroxyl groups is 1. The first kappa shape index (κ1) is 16.8. The molecule has 2 atom stereocenters. The lowest BCUT2D eigenvalue weighted by molar-refractivity contribution is 0.185. The Balaban J connectivity index is 2.42. The minimum atomic E-state index is -1.29. The van der Waals surface area contributed by atoms with Gasteiger partial charge in [0, 0.05) is 11.6 Å². The molecule has 110 valence electrons. The number of aliphatic hydroxyl groups excluding tert-OH is 1. The second-order valence-electron chi connectivity index (χ2n) is 6.23. The Labute approximate surface area is 124 Å². The molecule has 0 heterocycles. The van der Waals surface area contributed by atoms with Gasteiger partial charge in [-0.05, 0) is 31.4 Å². The third-order valence-corrected chi connectivity index (χ3v) is 3.93. The van der Waals surface area contributed by atoms with Crippen LogP contribution >= 0.6 is 0 Å². The van der Waals surface area contributed by atoms with E-state index >= 15 is 0 Å². The van der Waals surface area contributed by atoms with Crippen LogP contribution in [0.3, 0.4) is 0 Å². The number of anilines is 1. The molecule has 1 aromatic carbocycles. The van der Waals surface area contributed by atoms with Crippen molar-refractivity contribution in [3.63, 3.8) is 0 Å². The molecule has 0 radical (unpaired) electrons. The number of hydrogen-bond donors (Lipinski definition) is 2. The van der Waals surface area contributed by atoms with Crippen molar-refractivity contribution in [2.24, 2.45) is 5.92 Å². The summed E-state index contributed by atoms with van der Waals surface area (Å²) in [6.07, 6.45) is 2.22. The molecule has 0 fully saturated rings. The normalized spacial score (nSPS) is 14.1. The molecule has 3 heteroatoms. The predicted molar refractivity (Wildman–Crippen MR) is 90.2 cm³/mol. The van der Waals surface area contributed by atoms with Gasteiger partial charge in [-0.25, -0.2) is 0 Å². The summed E-state index contributed by atoms with van der Waals surface area (Å²) >= 11 is 0. The molecule has 0 saturated carbocycles. The molecule has 0 bridgehead atoms. The van der Waals surface area contributed by atoms with E-state index in [4.69, 9.17) is 0 Å². The van der Waals surface area contributed by atoms with Gasteiger partial charge in [-0.3, -0.25) is 0 Å². The second kappa shape index (κ2) is 8.14. The summed E-state index contributed by atoms with van der Waals surface area (Å²) in [5.41, 5.74) is 4.39. The Kier molecular flexibility index (Phi) is 6.84. The first-order chi connectivity index (χ1) is 9.40. The molecular weight excluding hydrogens is 262 g/mol. The van der Waals surface area contributed by atoms with Crippen LogP contribution in [0.15, 0.2) is 30.3 Å². The maximum Gasteiger partial charge on any atom is 0.129 e. The zero-order chi connectivity index (χ0) is 15.0. The highest BCUT2D eigenvalue weighted by molar-refractivity contribution is 6.83. The Hall–Kier alpha value is -1.24. The third-order valence-electron chi connectivity index (χ3n) is 3.04. The average Bonchev–Trinajstić information content (AvgIpc) is 2.39. The molecule has 0 aliphatic rings. The van der Waals surface area contributed by atoms with Gasteiger partial charge < -0.3 is 10.4 Å². The van der Waals surface area contributed by atoms with Gasteiger partial charge in [0.15, 0.2) is 0 Å². The Morgan fingerprint density at radius 3 is 2.35 bits per heavy atom. The number of rotatable bonds is 6. The van der Waals surface area contributed by atoms with Crippen molar-refractivity contribution in [2.75, 3.05) is 5.32 Å². The SMILES string of the molecule is CCC(C#C[Si](C)(C)C)CCC(O)Nc1ccccc1. The van der Waals surface area contributed by atoms with Crippen LogP contribution in [-0.4, -0.2) is 19.4 Å². The summed E-state index contributed by atoms with van der Waals surface area (Å²) in [6, 6.07) is 9.82. The molecule has 1 rings (SSSR count). The largest absolute Gasteiger partial charge is 0.374 e. The molecular formula is C17H27NOSi.